The molecule has 3 aromatic carbocycles. The van der Waals surface area contributed by atoms with Crippen LogP contribution in [0.25, 0.3) is 22.0 Å². The zero-order chi connectivity index (χ0) is 24.6. The molecule has 0 unspecified atom stereocenters. The van der Waals surface area contributed by atoms with Crippen LogP contribution in [0.4, 0.5) is 11.4 Å². The van der Waals surface area contributed by atoms with E-state index < -0.39 is 0 Å². The molecule has 2 aliphatic heterocycles. The van der Waals surface area contributed by atoms with Gasteiger partial charge < -0.3 is 24.6 Å². The lowest BCUT2D eigenvalue weighted by Gasteiger charge is -2.35. The molecule has 2 N–H and O–H groups in total. The lowest BCUT2D eigenvalue weighted by molar-refractivity contribution is 0.102. The summed E-state index contributed by atoms with van der Waals surface area (Å²) in [5.74, 6) is 0.933. The summed E-state index contributed by atoms with van der Waals surface area (Å²) < 4.78 is 10.8. The molecule has 3 heterocycles. The second-order valence-corrected chi connectivity index (χ2v) is 8.99. The number of fused-ring (bicyclic) bond motifs is 2. The van der Waals surface area contributed by atoms with Crippen molar-refractivity contribution in [2.45, 2.75) is 0 Å². The van der Waals surface area contributed by atoms with Gasteiger partial charge in [0.05, 0.1) is 22.5 Å². The van der Waals surface area contributed by atoms with E-state index in [2.05, 4.69) is 32.4 Å². The average Bonchev–Trinajstić information content (AvgIpc) is 3.38. The van der Waals surface area contributed by atoms with Gasteiger partial charge in [0.2, 0.25) is 6.79 Å². The molecule has 4 aromatic rings. The number of carbonyl (C=O) groups excluding carboxylic acids is 1. The summed E-state index contributed by atoms with van der Waals surface area (Å²) in [6.45, 7) is 3.72. The number of amides is 1. The summed E-state index contributed by atoms with van der Waals surface area (Å²) in [7, 11) is 2.11. The fourth-order valence-corrected chi connectivity index (χ4v) is 4.67. The van der Waals surface area contributed by atoms with Gasteiger partial charge in [0, 0.05) is 42.7 Å². The molecule has 1 amide bonds. The summed E-state index contributed by atoms with van der Waals surface area (Å²) in [6.07, 6.45) is 0. The summed E-state index contributed by atoms with van der Waals surface area (Å²) in [5.41, 5.74) is 3.29. The molecular formula is C27H25N5O4. The van der Waals surface area contributed by atoms with E-state index in [1.807, 2.05) is 36.4 Å². The number of rotatable bonds is 4. The lowest BCUT2D eigenvalue weighted by Crippen LogP contribution is -2.44. The molecule has 9 nitrogen and oxygen atoms in total. The number of aromatic amines is 1. The van der Waals surface area contributed by atoms with Crippen LogP contribution in [0.2, 0.25) is 0 Å². The second kappa shape index (κ2) is 9.01. The molecule has 182 valence electrons. The number of piperazine rings is 1. The van der Waals surface area contributed by atoms with Gasteiger partial charge >= 0.3 is 0 Å². The normalized spacial score (nSPS) is 15.3. The molecule has 0 bridgehead atoms. The molecule has 1 aromatic heterocycles. The Hall–Kier alpha value is -4.37. The molecule has 1 saturated heterocycles. The fourth-order valence-electron chi connectivity index (χ4n) is 4.67. The van der Waals surface area contributed by atoms with Crippen molar-refractivity contribution in [3.8, 4) is 22.8 Å². The van der Waals surface area contributed by atoms with E-state index in [1.165, 1.54) is 0 Å². The fraction of sp³-hybridized carbons (Fsp3) is 0.222. The highest BCUT2D eigenvalue weighted by atomic mass is 16.7. The number of nitrogens with one attached hydrogen (secondary N) is 2. The zero-order valence-electron chi connectivity index (χ0n) is 19.8. The van der Waals surface area contributed by atoms with Gasteiger partial charge in [-0.1, -0.05) is 24.3 Å². The van der Waals surface area contributed by atoms with Gasteiger partial charge in [-0.25, -0.2) is 5.10 Å². The maximum absolute atomic E-state index is 13.3. The Morgan fingerprint density at radius 1 is 0.944 bits per heavy atom. The third-order valence-electron chi connectivity index (χ3n) is 6.69. The van der Waals surface area contributed by atoms with E-state index in [0.717, 1.165) is 42.8 Å². The van der Waals surface area contributed by atoms with Gasteiger partial charge in [-0.05, 0) is 43.4 Å². The number of benzene rings is 3. The van der Waals surface area contributed by atoms with Crippen LogP contribution in [0.3, 0.4) is 0 Å². The molecule has 0 saturated carbocycles. The first-order chi connectivity index (χ1) is 17.6. The molecule has 0 spiro atoms. The van der Waals surface area contributed by atoms with Crippen LogP contribution in [0.5, 0.6) is 11.5 Å². The SMILES string of the molecule is CN1CCN(c2ccc(-c3n[nH]c(=O)c4ccccc34)cc2NC(=O)c2ccc3c(c2)OCO3)CC1. The van der Waals surface area contributed by atoms with E-state index >= 15 is 0 Å². The van der Waals surface area contributed by atoms with Crippen molar-refractivity contribution < 1.29 is 14.3 Å². The second-order valence-electron chi connectivity index (χ2n) is 8.99. The van der Waals surface area contributed by atoms with Crippen LogP contribution >= 0.6 is 0 Å². The van der Waals surface area contributed by atoms with E-state index in [1.54, 1.807) is 24.3 Å². The lowest BCUT2D eigenvalue weighted by atomic mass is 10.0. The summed E-state index contributed by atoms with van der Waals surface area (Å²) in [6, 6.07) is 18.4. The molecule has 2 aliphatic rings. The number of H-pyrrole nitrogens is 1. The molecule has 36 heavy (non-hydrogen) atoms. The number of hydrogen-bond acceptors (Lipinski definition) is 7. The van der Waals surface area contributed by atoms with Crippen LogP contribution in [0, 0.1) is 0 Å². The first-order valence-electron chi connectivity index (χ1n) is 11.8. The van der Waals surface area contributed by atoms with Crippen molar-refractivity contribution in [2.24, 2.45) is 0 Å². The van der Waals surface area contributed by atoms with Gasteiger partial charge in [-0.3, -0.25) is 9.59 Å². The Morgan fingerprint density at radius 2 is 1.72 bits per heavy atom. The van der Waals surface area contributed by atoms with Gasteiger partial charge in [-0.2, -0.15) is 5.10 Å². The Morgan fingerprint density at radius 3 is 2.56 bits per heavy atom. The highest BCUT2D eigenvalue weighted by molar-refractivity contribution is 6.07. The summed E-state index contributed by atoms with van der Waals surface area (Å²) >= 11 is 0. The average molecular weight is 484 g/mol. The Labute approximate surface area is 207 Å². The third kappa shape index (κ3) is 4.03. The monoisotopic (exact) mass is 483 g/mol. The summed E-state index contributed by atoms with van der Waals surface area (Å²) in [5, 5.41) is 11.4. The van der Waals surface area contributed by atoms with E-state index in [4.69, 9.17) is 9.47 Å². The topological polar surface area (TPSA) is 99.8 Å². The number of hydrogen-bond donors (Lipinski definition) is 2. The molecule has 0 atom stereocenters. The smallest absolute Gasteiger partial charge is 0.272 e. The number of likely N-dealkylation sites (N-methyl/N-ethyl adjacent to an activating group) is 1. The highest BCUT2D eigenvalue weighted by Gasteiger charge is 2.21. The van der Waals surface area contributed by atoms with Crippen molar-refractivity contribution in [1.82, 2.24) is 15.1 Å². The van der Waals surface area contributed by atoms with Crippen LogP contribution in [-0.4, -0.2) is 61.0 Å². The van der Waals surface area contributed by atoms with Gasteiger partial charge in [-0.15, -0.1) is 0 Å². The van der Waals surface area contributed by atoms with Crippen molar-refractivity contribution in [2.75, 3.05) is 50.2 Å². The molecule has 9 heteroatoms. The molecular weight excluding hydrogens is 458 g/mol. The third-order valence-corrected chi connectivity index (χ3v) is 6.69. The standard InChI is InChI=1S/C27H25N5O4/c1-31-10-12-32(13-11-31)22-8-6-17(25-19-4-2-3-5-20(19)27(34)30-29-25)14-21(22)28-26(33)18-7-9-23-24(15-18)36-16-35-23/h2-9,14-15H,10-13,16H2,1H3,(H,28,33)(H,30,34). The maximum atomic E-state index is 13.3. The van der Waals surface area contributed by atoms with Gasteiger partial charge in [0.15, 0.2) is 11.5 Å². The predicted molar refractivity (Wildman–Crippen MR) is 138 cm³/mol. The minimum atomic E-state index is -0.250. The Kier molecular flexibility index (Phi) is 5.54. The van der Waals surface area contributed by atoms with Crippen molar-refractivity contribution in [3.05, 3.63) is 76.6 Å². The van der Waals surface area contributed by atoms with Crippen LogP contribution in [0.1, 0.15) is 10.4 Å². The van der Waals surface area contributed by atoms with Crippen LogP contribution < -0.4 is 25.2 Å². The number of ether oxygens (including phenoxy) is 2. The van der Waals surface area contributed by atoms with Gasteiger partial charge in [0.25, 0.3) is 11.5 Å². The first-order valence-corrected chi connectivity index (χ1v) is 11.8. The van der Waals surface area contributed by atoms with Crippen molar-refractivity contribution in [3.63, 3.8) is 0 Å². The highest BCUT2D eigenvalue weighted by Crippen LogP contribution is 2.35. The molecule has 0 radical (unpaired) electrons. The number of aromatic nitrogens is 2. The Bertz CT molecular complexity index is 1520. The molecule has 6 rings (SSSR count). The van der Waals surface area contributed by atoms with E-state index in [9.17, 15) is 9.59 Å². The first kappa shape index (κ1) is 22.1. The number of nitrogens with zero attached hydrogens (tertiary/aromatic N) is 3. The Balaban J connectivity index is 1.41. The van der Waals surface area contributed by atoms with Crippen molar-refractivity contribution in [1.29, 1.82) is 0 Å². The van der Waals surface area contributed by atoms with Gasteiger partial charge in [0.1, 0.15) is 0 Å². The van der Waals surface area contributed by atoms with Crippen LogP contribution in [0.15, 0.2) is 65.5 Å². The quantitative estimate of drug-likeness (QED) is 0.459. The summed E-state index contributed by atoms with van der Waals surface area (Å²) in [4.78, 5) is 30.2. The van der Waals surface area contributed by atoms with Crippen molar-refractivity contribution >= 4 is 28.1 Å². The van der Waals surface area contributed by atoms with E-state index in [-0.39, 0.29) is 18.3 Å². The van der Waals surface area contributed by atoms with Crippen LogP contribution in [-0.2, 0) is 0 Å². The molecule has 0 aliphatic carbocycles. The minimum absolute atomic E-state index is 0.149. The molecule has 1 fully saturated rings. The predicted octanol–water partition coefficient (Wildman–Crippen LogP) is 3.32. The van der Waals surface area contributed by atoms with E-state index in [0.29, 0.717) is 33.8 Å². The minimum Gasteiger partial charge on any atom is -0.454 e. The maximum Gasteiger partial charge on any atom is 0.272 e. The largest absolute Gasteiger partial charge is 0.454 e. The zero-order valence-corrected chi connectivity index (χ0v) is 19.8. The number of carbonyl (C=O) groups is 1. The number of anilines is 2.